The van der Waals surface area contributed by atoms with E-state index in [1.807, 2.05) is 24.3 Å². The third kappa shape index (κ3) is 2.94. The van der Waals surface area contributed by atoms with Crippen LogP contribution in [0.1, 0.15) is 11.3 Å². The molecule has 3 N–H and O–H groups in total. The van der Waals surface area contributed by atoms with Crippen LogP contribution in [0.25, 0.3) is 11.3 Å². The Morgan fingerprint density at radius 2 is 1.80 bits per heavy atom. The molecule has 0 saturated carbocycles. The molecule has 0 aliphatic heterocycles. The molecule has 0 aliphatic rings. The average Bonchev–Trinajstić information content (AvgIpc) is 2.45. The van der Waals surface area contributed by atoms with E-state index in [2.05, 4.69) is 15.4 Å². The molecule has 2 aromatic rings. The van der Waals surface area contributed by atoms with Gasteiger partial charge >= 0.3 is 0 Å². The van der Waals surface area contributed by atoms with Gasteiger partial charge in [-0.25, -0.2) is 15.8 Å². The monoisotopic (exact) mass is 327 g/mol. The SMILES string of the molecule is N#Cc1c(-c2ccccc2)nc(NN)nc1C(Cl)(Cl)Cl. The van der Waals surface area contributed by atoms with E-state index in [0.29, 0.717) is 11.3 Å². The zero-order valence-electron chi connectivity index (χ0n) is 9.94. The molecule has 0 bridgehead atoms. The number of hydrogen-bond acceptors (Lipinski definition) is 5. The Morgan fingerprint density at radius 3 is 2.30 bits per heavy atom. The van der Waals surface area contributed by atoms with Crippen molar-refractivity contribution < 1.29 is 0 Å². The Balaban J connectivity index is 2.77. The highest BCUT2D eigenvalue weighted by molar-refractivity contribution is 6.66. The third-order valence-corrected chi connectivity index (χ3v) is 3.00. The molecule has 0 atom stereocenters. The number of hydrogen-bond donors (Lipinski definition) is 2. The number of nitrogen functional groups attached to an aromatic ring is 1. The Morgan fingerprint density at radius 1 is 1.15 bits per heavy atom. The Hall–Kier alpha value is -1.58. The van der Waals surface area contributed by atoms with Gasteiger partial charge in [0.1, 0.15) is 17.3 Å². The van der Waals surface area contributed by atoms with Gasteiger partial charge in [0.15, 0.2) is 0 Å². The molecule has 0 radical (unpaired) electrons. The lowest BCUT2D eigenvalue weighted by Crippen LogP contribution is -2.16. The predicted molar refractivity (Wildman–Crippen MR) is 79.2 cm³/mol. The van der Waals surface area contributed by atoms with Gasteiger partial charge in [-0.3, -0.25) is 5.43 Å². The van der Waals surface area contributed by atoms with Gasteiger partial charge in [-0.15, -0.1) is 0 Å². The molecular formula is C12H8Cl3N5. The fourth-order valence-corrected chi connectivity index (χ4v) is 2.05. The minimum absolute atomic E-state index is 0.0215. The van der Waals surface area contributed by atoms with Gasteiger partial charge in [0.2, 0.25) is 9.74 Å². The quantitative estimate of drug-likeness (QED) is 0.502. The van der Waals surface area contributed by atoms with Crippen LogP contribution in [0.4, 0.5) is 5.95 Å². The highest BCUT2D eigenvalue weighted by atomic mass is 35.6. The second kappa shape index (κ2) is 5.81. The number of aromatic nitrogens is 2. The summed E-state index contributed by atoms with van der Waals surface area (Å²) < 4.78 is -1.86. The number of rotatable bonds is 2. The fourth-order valence-electron chi connectivity index (χ4n) is 1.64. The molecule has 0 fully saturated rings. The van der Waals surface area contributed by atoms with Crippen molar-refractivity contribution in [3.05, 3.63) is 41.6 Å². The maximum atomic E-state index is 9.33. The molecule has 8 heteroatoms. The topological polar surface area (TPSA) is 87.6 Å². The van der Waals surface area contributed by atoms with Gasteiger partial charge in [0.25, 0.3) is 0 Å². The van der Waals surface area contributed by atoms with Crippen molar-refractivity contribution in [1.82, 2.24) is 9.97 Å². The Bertz CT molecular complexity index is 661. The van der Waals surface area contributed by atoms with Gasteiger partial charge < -0.3 is 0 Å². The first kappa shape index (κ1) is 14.8. The van der Waals surface area contributed by atoms with Crippen molar-refractivity contribution in [3.63, 3.8) is 0 Å². The van der Waals surface area contributed by atoms with E-state index in [0.717, 1.165) is 0 Å². The molecular weight excluding hydrogens is 321 g/mol. The summed E-state index contributed by atoms with van der Waals surface area (Å²) in [5.41, 5.74) is 3.40. The van der Waals surface area contributed by atoms with Gasteiger partial charge in [-0.2, -0.15) is 5.26 Å². The van der Waals surface area contributed by atoms with E-state index in [1.165, 1.54) is 0 Å². The minimum atomic E-state index is -1.86. The summed E-state index contributed by atoms with van der Waals surface area (Å²) >= 11 is 17.6. The number of nitrogens with one attached hydrogen (secondary N) is 1. The number of nitriles is 1. The maximum Gasteiger partial charge on any atom is 0.238 e. The van der Waals surface area contributed by atoms with Crippen molar-refractivity contribution in [1.29, 1.82) is 5.26 Å². The Labute approximate surface area is 130 Å². The maximum absolute atomic E-state index is 9.33. The van der Waals surface area contributed by atoms with E-state index in [4.69, 9.17) is 40.6 Å². The fraction of sp³-hybridized carbons (Fsp3) is 0.0833. The second-order valence-electron chi connectivity index (χ2n) is 3.74. The molecule has 102 valence electrons. The van der Waals surface area contributed by atoms with E-state index < -0.39 is 3.79 Å². The number of hydrazine groups is 1. The van der Waals surface area contributed by atoms with Crippen LogP contribution in [-0.4, -0.2) is 9.97 Å². The number of alkyl halides is 3. The van der Waals surface area contributed by atoms with Gasteiger partial charge in [-0.05, 0) is 0 Å². The molecule has 2 rings (SSSR count). The molecule has 0 unspecified atom stereocenters. The van der Waals surface area contributed by atoms with Crippen LogP contribution in [0, 0.1) is 11.3 Å². The molecule has 5 nitrogen and oxygen atoms in total. The Kier molecular flexibility index (Phi) is 4.31. The number of anilines is 1. The molecule has 0 saturated heterocycles. The lowest BCUT2D eigenvalue weighted by molar-refractivity contribution is 1.01. The minimum Gasteiger partial charge on any atom is -0.292 e. The van der Waals surface area contributed by atoms with Crippen LogP contribution >= 0.6 is 34.8 Å². The summed E-state index contributed by atoms with van der Waals surface area (Å²) in [4.78, 5) is 8.11. The lowest BCUT2D eigenvalue weighted by atomic mass is 10.1. The highest BCUT2D eigenvalue weighted by Gasteiger charge is 2.31. The number of nitrogens with zero attached hydrogens (tertiary/aromatic N) is 3. The number of benzene rings is 1. The summed E-state index contributed by atoms with van der Waals surface area (Å²) in [6, 6.07) is 11.0. The third-order valence-electron chi connectivity index (χ3n) is 2.47. The molecule has 1 heterocycles. The predicted octanol–water partition coefficient (Wildman–Crippen LogP) is 3.13. The molecule has 0 spiro atoms. The van der Waals surface area contributed by atoms with Crippen molar-refractivity contribution in [2.45, 2.75) is 3.79 Å². The summed E-state index contributed by atoms with van der Waals surface area (Å²) in [5, 5.41) is 9.33. The normalized spacial score (nSPS) is 10.9. The first-order valence-electron chi connectivity index (χ1n) is 5.38. The number of nitrogens with two attached hydrogens (primary N) is 1. The molecule has 20 heavy (non-hydrogen) atoms. The van der Waals surface area contributed by atoms with Gasteiger partial charge in [-0.1, -0.05) is 65.1 Å². The van der Waals surface area contributed by atoms with E-state index in [-0.39, 0.29) is 17.2 Å². The highest BCUT2D eigenvalue weighted by Crippen LogP contribution is 2.41. The van der Waals surface area contributed by atoms with Crippen molar-refractivity contribution >= 4 is 40.8 Å². The molecule has 0 amide bonds. The average molecular weight is 329 g/mol. The zero-order valence-corrected chi connectivity index (χ0v) is 12.2. The number of halogens is 3. The summed E-state index contributed by atoms with van der Waals surface area (Å²) in [5.74, 6) is 5.37. The first-order valence-corrected chi connectivity index (χ1v) is 6.52. The van der Waals surface area contributed by atoms with Crippen LogP contribution in [0.3, 0.4) is 0 Å². The van der Waals surface area contributed by atoms with E-state index >= 15 is 0 Å². The van der Waals surface area contributed by atoms with Crippen molar-refractivity contribution in [2.24, 2.45) is 5.84 Å². The van der Waals surface area contributed by atoms with Crippen LogP contribution < -0.4 is 11.3 Å². The van der Waals surface area contributed by atoms with Gasteiger partial charge in [0.05, 0.1) is 5.69 Å². The van der Waals surface area contributed by atoms with E-state index in [1.54, 1.807) is 12.1 Å². The first-order chi connectivity index (χ1) is 9.47. The summed E-state index contributed by atoms with van der Waals surface area (Å²) in [6.07, 6.45) is 0. The van der Waals surface area contributed by atoms with Crippen molar-refractivity contribution in [2.75, 3.05) is 5.43 Å². The molecule has 1 aromatic heterocycles. The second-order valence-corrected chi connectivity index (χ2v) is 6.02. The lowest BCUT2D eigenvalue weighted by Gasteiger charge is -2.15. The van der Waals surface area contributed by atoms with Crippen LogP contribution in [0.5, 0.6) is 0 Å². The standard InChI is InChI=1S/C12H8Cl3N5/c13-12(14,15)10-8(6-16)9(18-11(19-10)20-17)7-4-2-1-3-5-7/h1-5H,17H2,(H,18,19,20). The van der Waals surface area contributed by atoms with Crippen LogP contribution in [-0.2, 0) is 3.79 Å². The smallest absolute Gasteiger partial charge is 0.238 e. The molecule has 1 aromatic carbocycles. The summed E-state index contributed by atoms with van der Waals surface area (Å²) in [7, 11) is 0. The zero-order chi connectivity index (χ0) is 14.8. The van der Waals surface area contributed by atoms with Gasteiger partial charge in [0, 0.05) is 5.56 Å². The van der Waals surface area contributed by atoms with E-state index in [9.17, 15) is 5.26 Å². The largest absolute Gasteiger partial charge is 0.292 e. The molecule has 0 aliphatic carbocycles. The summed E-state index contributed by atoms with van der Waals surface area (Å²) in [6.45, 7) is 0. The van der Waals surface area contributed by atoms with Crippen LogP contribution in [0.15, 0.2) is 30.3 Å². The van der Waals surface area contributed by atoms with Crippen molar-refractivity contribution in [3.8, 4) is 17.3 Å². The van der Waals surface area contributed by atoms with Crippen LogP contribution in [0.2, 0.25) is 0 Å².